The van der Waals surface area contributed by atoms with Gasteiger partial charge in [-0.3, -0.25) is 0 Å². The highest BCUT2D eigenvalue weighted by molar-refractivity contribution is 6.30. The minimum atomic E-state index is 0.323. The molecule has 0 amide bonds. The number of aromatic nitrogens is 2. The zero-order valence-corrected chi connectivity index (χ0v) is 10.2. The van der Waals surface area contributed by atoms with Gasteiger partial charge in [-0.05, 0) is 30.7 Å². The third-order valence-corrected chi connectivity index (χ3v) is 2.59. The second-order valence-electron chi connectivity index (χ2n) is 3.65. The van der Waals surface area contributed by atoms with Gasteiger partial charge in [-0.25, -0.2) is 9.97 Å². The number of aryl methyl sites for hydroxylation is 1. The summed E-state index contributed by atoms with van der Waals surface area (Å²) in [5, 5.41) is 3.88. The van der Waals surface area contributed by atoms with Crippen LogP contribution in [0.2, 0.25) is 5.02 Å². The summed E-state index contributed by atoms with van der Waals surface area (Å²) < 4.78 is 0. The molecule has 0 aliphatic carbocycles. The summed E-state index contributed by atoms with van der Waals surface area (Å²) in [5.74, 6) is 1.32. The molecule has 0 saturated heterocycles. The molecule has 0 spiro atoms. The van der Waals surface area contributed by atoms with Gasteiger partial charge in [-0.15, -0.1) is 0 Å². The SMILES string of the molecule is Cc1ccc(Cl)cc1Nc1ccnc(CN)n1. The van der Waals surface area contributed by atoms with Gasteiger partial charge in [0.05, 0.1) is 6.54 Å². The molecule has 0 saturated carbocycles. The Morgan fingerprint density at radius 2 is 2.18 bits per heavy atom. The Hall–Kier alpha value is -1.65. The number of hydrogen-bond donors (Lipinski definition) is 2. The normalized spacial score (nSPS) is 10.3. The lowest BCUT2D eigenvalue weighted by molar-refractivity contribution is 0.912. The lowest BCUT2D eigenvalue weighted by Gasteiger charge is -2.09. The Morgan fingerprint density at radius 3 is 2.94 bits per heavy atom. The van der Waals surface area contributed by atoms with Gasteiger partial charge in [0.15, 0.2) is 0 Å². The molecule has 0 aliphatic heterocycles. The zero-order valence-electron chi connectivity index (χ0n) is 9.44. The number of nitrogens with one attached hydrogen (secondary N) is 1. The monoisotopic (exact) mass is 248 g/mol. The lowest BCUT2D eigenvalue weighted by atomic mass is 10.2. The van der Waals surface area contributed by atoms with Crippen molar-refractivity contribution in [1.82, 2.24) is 9.97 Å². The molecule has 0 unspecified atom stereocenters. The van der Waals surface area contributed by atoms with E-state index in [-0.39, 0.29) is 0 Å². The molecule has 0 radical (unpaired) electrons. The number of hydrogen-bond acceptors (Lipinski definition) is 4. The Morgan fingerprint density at radius 1 is 1.35 bits per heavy atom. The largest absolute Gasteiger partial charge is 0.340 e. The average molecular weight is 249 g/mol. The smallest absolute Gasteiger partial charge is 0.144 e. The van der Waals surface area contributed by atoms with Crippen LogP contribution in [0.4, 0.5) is 11.5 Å². The highest BCUT2D eigenvalue weighted by Crippen LogP contribution is 2.23. The minimum absolute atomic E-state index is 0.323. The third kappa shape index (κ3) is 2.93. The van der Waals surface area contributed by atoms with E-state index < -0.39 is 0 Å². The Balaban J connectivity index is 2.27. The first-order chi connectivity index (χ1) is 8.19. The van der Waals surface area contributed by atoms with Crippen molar-refractivity contribution in [3.8, 4) is 0 Å². The number of nitrogens with zero attached hydrogens (tertiary/aromatic N) is 2. The quantitative estimate of drug-likeness (QED) is 0.877. The number of nitrogens with two attached hydrogens (primary N) is 1. The summed E-state index contributed by atoms with van der Waals surface area (Å²) in [6, 6.07) is 7.46. The Bertz CT molecular complexity index is 528. The molecule has 4 nitrogen and oxygen atoms in total. The molecule has 2 rings (SSSR count). The average Bonchev–Trinajstić information content (AvgIpc) is 2.34. The maximum atomic E-state index is 5.95. The van der Waals surface area contributed by atoms with E-state index in [1.807, 2.05) is 25.1 Å². The first-order valence-corrected chi connectivity index (χ1v) is 5.62. The molecule has 0 aliphatic rings. The van der Waals surface area contributed by atoms with Crippen LogP contribution in [0.1, 0.15) is 11.4 Å². The maximum absolute atomic E-state index is 5.95. The van der Waals surface area contributed by atoms with Gasteiger partial charge in [0, 0.05) is 16.9 Å². The van der Waals surface area contributed by atoms with Crippen LogP contribution in [0.3, 0.4) is 0 Å². The Labute approximate surface area is 105 Å². The maximum Gasteiger partial charge on any atom is 0.144 e. The molecule has 17 heavy (non-hydrogen) atoms. The summed E-state index contributed by atoms with van der Waals surface area (Å²) in [4.78, 5) is 8.30. The molecule has 1 heterocycles. The van der Waals surface area contributed by atoms with Crippen LogP contribution in [0.25, 0.3) is 0 Å². The summed E-state index contributed by atoms with van der Waals surface area (Å²) in [6.07, 6.45) is 1.68. The van der Waals surface area contributed by atoms with Crippen molar-refractivity contribution in [2.45, 2.75) is 13.5 Å². The fraction of sp³-hybridized carbons (Fsp3) is 0.167. The van der Waals surface area contributed by atoms with E-state index in [2.05, 4.69) is 15.3 Å². The second kappa shape index (κ2) is 5.12. The van der Waals surface area contributed by atoms with Crippen molar-refractivity contribution in [2.75, 3.05) is 5.32 Å². The van der Waals surface area contributed by atoms with Crippen LogP contribution in [0.5, 0.6) is 0 Å². The van der Waals surface area contributed by atoms with E-state index in [1.54, 1.807) is 12.3 Å². The summed E-state index contributed by atoms with van der Waals surface area (Å²) in [7, 11) is 0. The molecule has 0 fully saturated rings. The van der Waals surface area contributed by atoms with Gasteiger partial charge in [0.1, 0.15) is 11.6 Å². The van der Waals surface area contributed by atoms with E-state index in [9.17, 15) is 0 Å². The van der Waals surface area contributed by atoms with E-state index in [1.165, 1.54) is 0 Å². The lowest BCUT2D eigenvalue weighted by Crippen LogP contribution is -2.05. The zero-order chi connectivity index (χ0) is 12.3. The second-order valence-corrected chi connectivity index (χ2v) is 4.08. The number of anilines is 2. The van der Waals surface area contributed by atoms with Gasteiger partial charge < -0.3 is 11.1 Å². The van der Waals surface area contributed by atoms with Crippen molar-refractivity contribution in [3.63, 3.8) is 0 Å². The predicted molar refractivity (Wildman–Crippen MR) is 69.4 cm³/mol. The van der Waals surface area contributed by atoms with Gasteiger partial charge in [-0.2, -0.15) is 0 Å². The summed E-state index contributed by atoms with van der Waals surface area (Å²) in [5.41, 5.74) is 7.52. The number of halogens is 1. The van der Waals surface area contributed by atoms with Crippen LogP contribution >= 0.6 is 11.6 Å². The van der Waals surface area contributed by atoms with Crippen molar-refractivity contribution in [2.24, 2.45) is 5.73 Å². The molecule has 88 valence electrons. The predicted octanol–water partition coefficient (Wildman–Crippen LogP) is 2.64. The summed E-state index contributed by atoms with van der Waals surface area (Å²) >= 11 is 5.95. The van der Waals surface area contributed by atoms with Crippen LogP contribution in [0.15, 0.2) is 30.5 Å². The highest BCUT2D eigenvalue weighted by Gasteiger charge is 2.02. The number of benzene rings is 1. The van der Waals surface area contributed by atoms with E-state index >= 15 is 0 Å². The van der Waals surface area contributed by atoms with E-state index in [4.69, 9.17) is 17.3 Å². The molecule has 1 aromatic heterocycles. The minimum Gasteiger partial charge on any atom is -0.340 e. The van der Waals surface area contributed by atoms with Crippen molar-refractivity contribution in [3.05, 3.63) is 46.9 Å². The molecule has 5 heteroatoms. The van der Waals surface area contributed by atoms with E-state index in [0.717, 1.165) is 11.3 Å². The van der Waals surface area contributed by atoms with E-state index in [0.29, 0.717) is 23.2 Å². The van der Waals surface area contributed by atoms with Crippen LogP contribution in [-0.2, 0) is 6.54 Å². The standard InChI is InChI=1S/C12H13ClN4/c1-8-2-3-9(13)6-10(8)16-11-4-5-15-12(7-14)17-11/h2-6H,7,14H2,1H3,(H,15,16,17). The van der Waals surface area contributed by atoms with Crippen molar-refractivity contribution >= 4 is 23.1 Å². The molecule has 2 aromatic rings. The molecule has 1 aromatic carbocycles. The molecule has 0 atom stereocenters. The van der Waals surface area contributed by atoms with Gasteiger partial charge in [-0.1, -0.05) is 17.7 Å². The number of rotatable bonds is 3. The van der Waals surface area contributed by atoms with Crippen LogP contribution < -0.4 is 11.1 Å². The van der Waals surface area contributed by atoms with Crippen LogP contribution in [-0.4, -0.2) is 9.97 Å². The highest BCUT2D eigenvalue weighted by atomic mass is 35.5. The van der Waals surface area contributed by atoms with Gasteiger partial charge >= 0.3 is 0 Å². The van der Waals surface area contributed by atoms with Crippen molar-refractivity contribution in [1.29, 1.82) is 0 Å². The first-order valence-electron chi connectivity index (χ1n) is 5.24. The van der Waals surface area contributed by atoms with Crippen molar-refractivity contribution < 1.29 is 0 Å². The fourth-order valence-corrected chi connectivity index (χ4v) is 1.61. The first kappa shape index (κ1) is 11.8. The molecular formula is C12H13ClN4. The van der Waals surface area contributed by atoms with Gasteiger partial charge in [0.25, 0.3) is 0 Å². The molecular weight excluding hydrogens is 236 g/mol. The fourth-order valence-electron chi connectivity index (χ4n) is 1.43. The topological polar surface area (TPSA) is 63.8 Å². The molecule has 3 N–H and O–H groups in total. The summed E-state index contributed by atoms with van der Waals surface area (Å²) in [6.45, 7) is 2.33. The molecule has 0 bridgehead atoms. The Kier molecular flexibility index (Phi) is 3.56. The third-order valence-electron chi connectivity index (χ3n) is 2.35. The van der Waals surface area contributed by atoms with Gasteiger partial charge in [0.2, 0.25) is 0 Å². The van der Waals surface area contributed by atoms with Crippen LogP contribution in [0, 0.1) is 6.92 Å².